The number of amides is 1. The molecular formula is C12H13NO4. The van der Waals surface area contributed by atoms with Crippen molar-refractivity contribution >= 4 is 23.9 Å². The number of methoxy groups -OCH3 is 1. The van der Waals surface area contributed by atoms with E-state index in [0.717, 1.165) is 0 Å². The van der Waals surface area contributed by atoms with Gasteiger partial charge < -0.3 is 10.1 Å². The third-order valence-corrected chi connectivity index (χ3v) is 2.25. The van der Waals surface area contributed by atoms with Gasteiger partial charge in [0.15, 0.2) is 0 Å². The smallest absolute Gasteiger partial charge is 0.339 e. The Balaban J connectivity index is 3.35. The third-order valence-electron chi connectivity index (χ3n) is 2.25. The van der Waals surface area contributed by atoms with Gasteiger partial charge in [-0.05, 0) is 24.6 Å². The molecule has 0 fully saturated rings. The van der Waals surface area contributed by atoms with Gasteiger partial charge >= 0.3 is 5.97 Å². The van der Waals surface area contributed by atoms with Gasteiger partial charge in [0, 0.05) is 12.5 Å². The highest BCUT2D eigenvalue weighted by Gasteiger charge is 2.15. The van der Waals surface area contributed by atoms with E-state index in [9.17, 15) is 14.4 Å². The van der Waals surface area contributed by atoms with Gasteiger partial charge in [-0.25, -0.2) is 4.79 Å². The van der Waals surface area contributed by atoms with Crippen molar-refractivity contribution in [1.82, 2.24) is 0 Å². The highest BCUT2D eigenvalue weighted by molar-refractivity contribution is 6.02. The predicted octanol–water partition coefficient (Wildman–Crippen LogP) is 1.55. The minimum absolute atomic E-state index is 0.162. The number of aldehydes is 1. The molecule has 0 heterocycles. The van der Waals surface area contributed by atoms with Crippen LogP contribution in [0.4, 0.5) is 5.69 Å². The van der Waals surface area contributed by atoms with E-state index >= 15 is 0 Å². The zero-order valence-corrected chi connectivity index (χ0v) is 9.87. The van der Waals surface area contributed by atoms with E-state index in [0.29, 0.717) is 23.1 Å². The molecule has 0 saturated carbocycles. The summed E-state index contributed by atoms with van der Waals surface area (Å²) in [4.78, 5) is 33.3. The fourth-order valence-electron chi connectivity index (χ4n) is 1.42. The van der Waals surface area contributed by atoms with Crippen molar-refractivity contribution in [3.05, 3.63) is 28.8 Å². The summed E-state index contributed by atoms with van der Waals surface area (Å²) in [5, 5.41) is 2.53. The van der Waals surface area contributed by atoms with Gasteiger partial charge in [0.05, 0.1) is 18.4 Å². The van der Waals surface area contributed by atoms with Gasteiger partial charge in [0.25, 0.3) is 0 Å². The maximum atomic E-state index is 11.5. The summed E-state index contributed by atoms with van der Waals surface area (Å²) in [6.07, 6.45) is 0.652. The quantitative estimate of drug-likeness (QED) is 0.637. The van der Waals surface area contributed by atoms with Gasteiger partial charge in [-0.1, -0.05) is 0 Å². The van der Waals surface area contributed by atoms with Crippen LogP contribution in [-0.4, -0.2) is 25.3 Å². The molecule has 0 atom stereocenters. The molecule has 1 aromatic carbocycles. The Morgan fingerprint density at radius 1 is 1.35 bits per heavy atom. The van der Waals surface area contributed by atoms with Crippen molar-refractivity contribution in [2.24, 2.45) is 0 Å². The zero-order valence-electron chi connectivity index (χ0n) is 9.87. The van der Waals surface area contributed by atoms with Gasteiger partial charge in [-0.15, -0.1) is 0 Å². The molecular weight excluding hydrogens is 222 g/mol. The highest BCUT2D eigenvalue weighted by Crippen LogP contribution is 2.21. The molecule has 1 rings (SSSR count). The number of esters is 1. The lowest BCUT2D eigenvalue weighted by molar-refractivity contribution is -0.114. The van der Waals surface area contributed by atoms with Gasteiger partial charge in [0.2, 0.25) is 5.91 Å². The first-order valence-corrected chi connectivity index (χ1v) is 4.95. The molecule has 0 aromatic heterocycles. The molecule has 5 nitrogen and oxygen atoms in total. The van der Waals surface area contributed by atoms with Crippen molar-refractivity contribution in [1.29, 1.82) is 0 Å². The maximum Gasteiger partial charge on any atom is 0.339 e. The number of carbonyl (C=O) groups is 3. The molecule has 90 valence electrons. The van der Waals surface area contributed by atoms with Crippen LogP contribution < -0.4 is 5.32 Å². The first-order valence-electron chi connectivity index (χ1n) is 4.95. The van der Waals surface area contributed by atoms with Crippen LogP contribution in [0.25, 0.3) is 0 Å². The Labute approximate surface area is 98.8 Å². The molecule has 5 heteroatoms. The summed E-state index contributed by atoms with van der Waals surface area (Å²) in [5.41, 5.74) is 1.57. The second-order valence-corrected chi connectivity index (χ2v) is 3.54. The van der Waals surface area contributed by atoms with E-state index in [1.54, 1.807) is 13.0 Å². The van der Waals surface area contributed by atoms with Crippen LogP contribution in [0.5, 0.6) is 0 Å². The Hall–Kier alpha value is -2.17. The summed E-state index contributed by atoms with van der Waals surface area (Å²) < 4.78 is 4.59. The second kappa shape index (κ2) is 5.25. The van der Waals surface area contributed by atoms with Gasteiger partial charge in [-0.2, -0.15) is 0 Å². The van der Waals surface area contributed by atoms with Crippen LogP contribution in [0.2, 0.25) is 0 Å². The van der Waals surface area contributed by atoms with Crippen molar-refractivity contribution in [3.8, 4) is 0 Å². The summed E-state index contributed by atoms with van der Waals surface area (Å²) in [6.45, 7) is 3.06. The molecule has 0 unspecified atom stereocenters. The number of rotatable bonds is 3. The Morgan fingerprint density at radius 2 is 2.00 bits per heavy atom. The van der Waals surface area contributed by atoms with E-state index < -0.39 is 5.97 Å². The number of hydrogen-bond acceptors (Lipinski definition) is 4. The fourth-order valence-corrected chi connectivity index (χ4v) is 1.42. The molecule has 1 amide bonds. The topological polar surface area (TPSA) is 72.5 Å². The summed E-state index contributed by atoms with van der Waals surface area (Å²) >= 11 is 0. The van der Waals surface area contributed by atoms with Crippen LogP contribution in [-0.2, 0) is 9.53 Å². The van der Waals surface area contributed by atoms with Crippen molar-refractivity contribution in [2.45, 2.75) is 13.8 Å². The number of carbonyl (C=O) groups excluding carboxylic acids is 3. The molecule has 1 N–H and O–H groups in total. The zero-order chi connectivity index (χ0) is 13.0. The highest BCUT2D eigenvalue weighted by atomic mass is 16.5. The average molecular weight is 235 g/mol. The van der Waals surface area contributed by atoms with Crippen LogP contribution in [0.1, 0.15) is 33.2 Å². The number of anilines is 1. The number of benzene rings is 1. The third kappa shape index (κ3) is 2.90. The summed E-state index contributed by atoms with van der Waals surface area (Å²) in [5.74, 6) is -0.898. The number of nitrogens with one attached hydrogen (secondary N) is 1. The standard InChI is InChI=1S/C12H13NO4/c1-7-4-11(13-8(2)15)10(12(16)17-3)5-9(7)6-14/h4-6H,1-3H3,(H,13,15). The van der Waals surface area contributed by atoms with E-state index in [-0.39, 0.29) is 11.5 Å². The van der Waals surface area contributed by atoms with E-state index in [2.05, 4.69) is 10.1 Å². The average Bonchev–Trinajstić information content (AvgIpc) is 2.27. The second-order valence-electron chi connectivity index (χ2n) is 3.54. The van der Waals surface area contributed by atoms with E-state index in [4.69, 9.17) is 0 Å². The minimum Gasteiger partial charge on any atom is -0.465 e. The molecule has 1 aromatic rings. The summed E-state index contributed by atoms with van der Waals surface area (Å²) in [7, 11) is 1.24. The van der Waals surface area contributed by atoms with Crippen LogP contribution >= 0.6 is 0 Å². The fraction of sp³-hybridized carbons (Fsp3) is 0.250. The van der Waals surface area contributed by atoms with Crippen molar-refractivity contribution in [2.75, 3.05) is 12.4 Å². The molecule has 0 spiro atoms. The normalized spacial score (nSPS) is 9.59. The Kier molecular flexibility index (Phi) is 3.98. The Morgan fingerprint density at radius 3 is 2.47 bits per heavy atom. The first-order chi connectivity index (χ1) is 7.99. The van der Waals surface area contributed by atoms with E-state index in [1.807, 2.05) is 0 Å². The van der Waals surface area contributed by atoms with Gasteiger partial charge in [0.1, 0.15) is 6.29 Å². The van der Waals surface area contributed by atoms with Crippen LogP contribution in [0, 0.1) is 6.92 Å². The van der Waals surface area contributed by atoms with Crippen LogP contribution in [0.15, 0.2) is 12.1 Å². The lowest BCUT2D eigenvalue weighted by Gasteiger charge is -2.10. The lowest BCUT2D eigenvalue weighted by Crippen LogP contribution is -2.13. The lowest BCUT2D eigenvalue weighted by atomic mass is 10.0. The van der Waals surface area contributed by atoms with E-state index in [1.165, 1.54) is 20.1 Å². The molecule has 0 saturated heterocycles. The number of hydrogen-bond donors (Lipinski definition) is 1. The van der Waals surface area contributed by atoms with Gasteiger partial charge in [-0.3, -0.25) is 9.59 Å². The minimum atomic E-state index is -0.600. The molecule has 0 aliphatic rings. The maximum absolute atomic E-state index is 11.5. The molecule has 0 aliphatic carbocycles. The molecule has 0 radical (unpaired) electrons. The molecule has 0 aliphatic heterocycles. The summed E-state index contributed by atoms with van der Waals surface area (Å²) in [6, 6.07) is 2.97. The van der Waals surface area contributed by atoms with Crippen molar-refractivity contribution < 1.29 is 19.1 Å². The molecule has 17 heavy (non-hydrogen) atoms. The first kappa shape index (κ1) is 12.9. The SMILES string of the molecule is COC(=O)c1cc(C=O)c(C)cc1NC(C)=O. The number of ether oxygens (including phenoxy) is 1. The monoisotopic (exact) mass is 235 g/mol. The predicted molar refractivity (Wildman–Crippen MR) is 62.2 cm³/mol. The largest absolute Gasteiger partial charge is 0.465 e. The Bertz CT molecular complexity index is 480. The number of aryl methyl sites for hydroxylation is 1. The van der Waals surface area contributed by atoms with Crippen molar-refractivity contribution in [3.63, 3.8) is 0 Å². The van der Waals surface area contributed by atoms with Crippen LogP contribution in [0.3, 0.4) is 0 Å². The molecule has 0 bridgehead atoms.